The van der Waals surface area contributed by atoms with Gasteiger partial charge in [-0.15, -0.1) is 0 Å². The van der Waals surface area contributed by atoms with E-state index in [0.29, 0.717) is 6.61 Å². The second-order valence-electron chi connectivity index (χ2n) is 3.02. The Morgan fingerprint density at radius 1 is 1.33 bits per heavy atom. The molecule has 0 aliphatic carbocycles. The third-order valence-electron chi connectivity index (χ3n) is 1.76. The number of carbonyl (C=O) groups is 1. The molecule has 0 aromatic heterocycles. The molecule has 0 aliphatic rings. The van der Waals surface area contributed by atoms with Gasteiger partial charge in [0.15, 0.2) is 5.78 Å². The number of ketones is 1. The average molecular weight is 206 g/mol. The van der Waals surface area contributed by atoms with Crippen LogP contribution in [0, 0.1) is 0 Å². The third-order valence-corrected chi connectivity index (χ3v) is 1.76. The zero-order chi connectivity index (χ0) is 10.9. The van der Waals surface area contributed by atoms with E-state index in [1.165, 1.54) is 0 Å². The van der Waals surface area contributed by atoms with Gasteiger partial charge in [-0.05, 0) is 5.56 Å². The molecule has 1 aromatic carbocycles. The minimum Gasteiger partial charge on any atom is -0.388 e. The summed E-state index contributed by atoms with van der Waals surface area (Å²) < 4.78 is 5.01. The van der Waals surface area contributed by atoms with Crippen LogP contribution in [0.3, 0.4) is 0 Å². The first kappa shape index (κ1) is 11.6. The predicted octanol–water partition coefficient (Wildman–Crippen LogP) is 1.28. The van der Waals surface area contributed by atoms with E-state index < -0.39 is 6.61 Å². The smallest absolute Gasteiger partial charge is 0.183 e. The number of hydrogen-bond acceptors (Lipinski definition) is 3. The van der Waals surface area contributed by atoms with Crippen LogP contribution >= 0.6 is 0 Å². The maximum absolute atomic E-state index is 10.6. The van der Waals surface area contributed by atoms with E-state index in [4.69, 9.17) is 9.84 Å². The fourth-order valence-electron chi connectivity index (χ4n) is 1.03. The average Bonchev–Trinajstić information content (AvgIpc) is 2.29. The van der Waals surface area contributed by atoms with E-state index in [1.807, 2.05) is 42.5 Å². The van der Waals surface area contributed by atoms with Crippen molar-refractivity contribution in [2.24, 2.45) is 0 Å². The topological polar surface area (TPSA) is 46.5 Å². The number of benzene rings is 1. The zero-order valence-electron chi connectivity index (χ0n) is 8.43. The summed E-state index contributed by atoms with van der Waals surface area (Å²) in [4.78, 5) is 10.6. The number of carbonyl (C=O) groups excluding carboxylic acids is 1. The van der Waals surface area contributed by atoms with E-state index in [-0.39, 0.29) is 12.4 Å². The Bertz CT molecular complexity index is 317. The molecule has 0 fully saturated rings. The molecule has 0 aliphatic heterocycles. The van der Waals surface area contributed by atoms with Crippen molar-refractivity contribution in [1.29, 1.82) is 0 Å². The second kappa shape index (κ2) is 6.92. The van der Waals surface area contributed by atoms with E-state index in [9.17, 15) is 4.79 Å². The van der Waals surface area contributed by atoms with E-state index in [0.717, 1.165) is 5.56 Å². The summed E-state index contributed by atoms with van der Waals surface area (Å²) in [6, 6.07) is 9.82. The third kappa shape index (κ3) is 5.10. The number of rotatable bonds is 6. The van der Waals surface area contributed by atoms with Crippen LogP contribution in [0.25, 0.3) is 6.08 Å². The summed E-state index contributed by atoms with van der Waals surface area (Å²) in [5.74, 6) is -0.303. The Morgan fingerprint density at radius 3 is 2.73 bits per heavy atom. The molecule has 0 saturated carbocycles. The lowest BCUT2D eigenvalue weighted by molar-refractivity contribution is -0.125. The van der Waals surface area contributed by atoms with Gasteiger partial charge in [-0.3, -0.25) is 4.79 Å². The fraction of sp³-hybridized carbons (Fsp3) is 0.250. The molecular formula is C12H14O3. The number of ether oxygens (including phenoxy) is 1. The summed E-state index contributed by atoms with van der Waals surface area (Å²) >= 11 is 0. The molecule has 0 unspecified atom stereocenters. The summed E-state index contributed by atoms with van der Waals surface area (Å²) in [6.45, 7) is -0.112. The number of aliphatic hydroxyl groups excluding tert-OH is 1. The Hall–Kier alpha value is -1.45. The minimum atomic E-state index is -0.456. The molecule has 0 saturated heterocycles. The number of hydrogen-bond donors (Lipinski definition) is 1. The largest absolute Gasteiger partial charge is 0.388 e. The SMILES string of the molecule is O=C(CO)COC/C=C/c1ccccc1. The number of Topliss-reactive ketones (excluding diaryl/α,β-unsaturated/α-hetero) is 1. The Morgan fingerprint density at radius 2 is 2.07 bits per heavy atom. The van der Waals surface area contributed by atoms with Crippen molar-refractivity contribution in [2.75, 3.05) is 19.8 Å². The highest BCUT2D eigenvalue weighted by Crippen LogP contribution is 2.00. The van der Waals surface area contributed by atoms with Gasteiger partial charge >= 0.3 is 0 Å². The van der Waals surface area contributed by atoms with Crippen LogP contribution in [0.2, 0.25) is 0 Å². The first-order chi connectivity index (χ1) is 7.33. The summed E-state index contributed by atoms with van der Waals surface area (Å²) in [7, 11) is 0. The zero-order valence-corrected chi connectivity index (χ0v) is 8.43. The van der Waals surface area contributed by atoms with Crippen molar-refractivity contribution in [3.63, 3.8) is 0 Å². The van der Waals surface area contributed by atoms with Crippen LogP contribution in [0.4, 0.5) is 0 Å². The van der Waals surface area contributed by atoms with Gasteiger partial charge in [0, 0.05) is 0 Å². The first-order valence-electron chi connectivity index (χ1n) is 4.75. The Labute approximate surface area is 89.0 Å². The summed E-state index contributed by atoms with van der Waals surface area (Å²) in [6.07, 6.45) is 3.75. The predicted molar refractivity (Wildman–Crippen MR) is 58.4 cm³/mol. The maximum atomic E-state index is 10.6. The van der Waals surface area contributed by atoms with Crippen molar-refractivity contribution < 1.29 is 14.6 Å². The molecule has 1 aromatic rings. The molecule has 3 nitrogen and oxygen atoms in total. The lowest BCUT2D eigenvalue weighted by Crippen LogP contribution is -2.12. The highest BCUT2D eigenvalue weighted by molar-refractivity contribution is 5.80. The van der Waals surface area contributed by atoms with Gasteiger partial charge in [0.05, 0.1) is 6.61 Å². The molecule has 3 heteroatoms. The maximum Gasteiger partial charge on any atom is 0.183 e. The molecule has 1 rings (SSSR count). The van der Waals surface area contributed by atoms with Crippen molar-refractivity contribution >= 4 is 11.9 Å². The molecule has 0 spiro atoms. The highest BCUT2D eigenvalue weighted by Gasteiger charge is 1.96. The molecule has 0 heterocycles. The number of aliphatic hydroxyl groups is 1. The molecule has 0 radical (unpaired) electrons. The van der Waals surface area contributed by atoms with Gasteiger partial charge < -0.3 is 9.84 Å². The van der Waals surface area contributed by atoms with Crippen molar-refractivity contribution in [1.82, 2.24) is 0 Å². The van der Waals surface area contributed by atoms with Gasteiger partial charge in [0.2, 0.25) is 0 Å². The van der Waals surface area contributed by atoms with Crippen LogP contribution in [0.5, 0.6) is 0 Å². The van der Waals surface area contributed by atoms with Gasteiger partial charge in [0.25, 0.3) is 0 Å². The van der Waals surface area contributed by atoms with Gasteiger partial charge in [-0.25, -0.2) is 0 Å². The van der Waals surface area contributed by atoms with Gasteiger partial charge in [0.1, 0.15) is 13.2 Å². The van der Waals surface area contributed by atoms with E-state index in [2.05, 4.69) is 0 Å². The molecule has 1 N–H and O–H groups in total. The van der Waals surface area contributed by atoms with Crippen molar-refractivity contribution in [3.05, 3.63) is 42.0 Å². The summed E-state index contributed by atoms with van der Waals surface area (Å²) in [5, 5.41) is 8.42. The van der Waals surface area contributed by atoms with Crippen LogP contribution in [-0.2, 0) is 9.53 Å². The van der Waals surface area contributed by atoms with Gasteiger partial charge in [-0.2, -0.15) is 0 Å². The quantitative estimate of drug-likeness (QED) is 0.713. The Kier molecular flexibility index (Phi) is 5.37. The molecule has 0 bridgehead atoms. The van der Waals surface area contributed by atoms with Crippen LogP contribution in [0.15, 0.2) is 36.4 Å². The molecule has 15 heavy (non-hydrogen) atoms. The first-order valence-corrected chi connectivity index (χ1v) is 4.75. The molecular weight excluding hydrogens is 192 g/mol. The lowest BCUT2D eigenvalue weighted by atomic mass is 10.2. The Balaban J connectivity index is 2.20. The van der Waals surface area contributed by atoms with E-state index >= 15 is 0 Å². The van der Waals surface area contributed by atoms with Crippen LogP contribution in [-0.4, -0.2) is 30.7 Å². The minimum absolute atomic E-state index is 0.0321. The lowest BCUT2D eigenvalue weighted by Gasteiger charge is -1.97. The molecule has 0 atom stereocenters. The monoisotopic (exact) mass is 206 g/mol. The van der Waals surface area contributed by atoms with E-state index in [1.54, 1.807) is 0 Å². The van der Waals surface area contributed by atoms with Crippen molar-refractivity contribution in [2.45, 2.75) is 0 Å². The second-order valence-corrected chi connectivity index (χ2v) is 3.02. The summed E-state index contributed by atoms with van der Waals surface area (Å²) in [5.41, 5.74) is 1.09. The molecule has 0 amide bonds. The normalized spacial score (nSPS) is 10.7. The fourth-order valence-corrected chi connectivity index (χ4v) is 1.03. The standard InChI is InChI=1S/C12H14O3/c13-9-12(14)10-15-8-4-7-11-5-2-1-3-6-11/h1-7,13H,8-10H2/b7-4+. The molecule has 80 valence electrons. The highest BCUT2D eigenvalue weighted by atomic mass is 16.5. The van der Waals surface area contributed by atoms with Crippen molar-refractivity contribution in [3.8, 4) is 0 Å². The van der Waals surface area contributed by atoms with Crippen LogP contribution < -0.4 is 0 Å². The van der Waals surface area contributed by atoms with Gasteiger partial charge in [-0.1, -0.05) is 42.5 Å². The van der Waals surface area contributed by atoms with Crippen LogP contribution in [0.1, 0.15) is 5.56 Å².